The van der Waals surface area contributed by atoms with E-state index in [0.717, 1.165) is 57.3 Å². The van der Waals surface area contributed by atoms with Gasteiger partial charge in [-0.2, -0.15) is 0 Å². The fourth-order valence-electron chi connectivity index (χ4n) is 4.72. The van der Waals surface area contributed by atoms with Gasteiger partial charge in [0.15, 0.2) is 0 Å². The third kappa shape index (κ3) is 4.43. The van der Waals surface area contributed by atoms with Crippen molar-refractivity contribution in [1.29, 1.82) is 0 Å². The zero-order valence-corrected chi connectivity index (χ0v) is 16.6. The monoisotopic (exact) mass is 374 g/mol. The minimum atomic E-state index is 0.0376. The van der Waals surface area contributed by atoms with Crippen molar-refractivity contribution in [2.45, 2.75) is 38.6 Å². The highest BCUT2D eigenvalue weighted by atomic mass is 16.3. The number of hydrogen-bond donors (Lipinski definition) is 1. The lowest BCUT2D eigenvalue weighted by Gasteiger charge is -2.42. The molecule has 0 radical (unpaired) electrons. The van der Waals surface area contributed by atoms with E-state index in [1.807, 2.05) is 12.3 Å². The highest BCUT2D eigenvalue weighted by Gasteiger charge is 2.34. The normalized spacial score (nSPS) is 20.5. The van der Waals surface area contributed by atoms with Gasteiger partial charge in [-0.3, -0.25) is 9.88 Å². The average Bonchev–Trinajstić information content (AvgIpc) is 2.75. The molecular formula is C25H30N2O. The summed E-state index contributed by atoms with van der Waals surface area (Å²) in [4.78, 5) is 7.02. The van der Waals surface area contributed by atoms with E-state index in [0.29, 0.717) is 0 Å². The first kappa shape index (κ1) is 19.1. The van der Waals surface area contributed by atoms with Crippen LogP contribution < -0.4 is 0 Å². The smallest absolute Gasteiger partial charge is 0.0705 e. The Balaban J connectivity index is 1.41. The molecule has 1 aromatic heterocycles. The van der Waals surface area contributed by atoms with Crippen molar-refractivity contribution in [2.24, 2.45) is 5.41 Å². The van der Waals surface area contributed by atoms with Crippen molar-refractivity contribution in [3.8, 4) is 0 Å². The first-order chi connectivity index (χ1) is 13.8. The predicted molar refractivity (Wildman–Crippen MR) is 115 cm³/mol. The Morgan fingerprint density at radius 3 is 2.75 bits per heavy atom. The van der Waals surface area contributed by atoms with Crippen molar-refractivity contribution >= 4 is 10.9 Å². The fraction of sp³-hybridized carbons (Fsp3) is 0.400. The van der Waals surface area contributed by atoms with E-state index in [9.17, 15) is 5.11 Å². The average molecular weight is 375 g/mol. The summed E-state index contributed by atoms with van der Waals surface area (Å²) in [5.74, 6) is 0. The number of hydrogen-bond acceptors (Lipinski definition) is 3. The molecule has 1 aliphatic rings. The van der Waals surface area contributed by atoms with Crippen molar-refractivity contribution in [3.63, 3.8) is 0 Å². The molecule has 0 saturated carbocycles. The lowest BCUT2D eigenvalue weighted by molar-refractivity contribution is 0.0209. The molecule has 1 saturated heterocycles. The molecule has 0 spiro atoms. The lowest BCUT2D eigenvalue weighted by Crippen LogP contribution is -2.45. The second-order valence-corrected chi connectivity index (χ2v) is 8.30. The molecule has 1 fully saturated rings. The molecule has 0 bridgehead atoms. The standard InChI is InChI=1S/C25H30N2O/c28-20-25(14-5-10-21-8-2-1-3-9-21)15-7-17-27(19-25)18-22-11-4-13-24-23(22)12-6-16-26-24/h1-4,6,8-9,11-13,16,28H,5,7,10,14-15,17-20H2. The summed E-state index contributed by atoms with van der Waals surface area (Å²) in [6, 6.07) is 21.3. The molecule has 1 atom stereocenters. The van der Waals surface area contributed by atoms with Crippen LogP contribution in [-0.4, -0.2) is 34.7 Å². The van der Waals surface area contributed by atoms with Crippen molar-refractivity contribution in [2.75, 3.05) is 19.7 Å². The molecule has 2 aromatic carbocycles. The van der Waals surface area contributed by atoms with Gasteiger partial charge in [0.2, 0.25) is 0 Å². The molecule has 1 aliphatic heterocycles. The number of nitrogens with zero attached hydrogens (tertiary/aromatic N) is 2. The second kappa shape index (κ2) is 8.85. The molecule has 0 amide bonds. The maximum atomic E-state index is 10.3. The van der Waals surface area contributed by atoms with E-state index in [2.05, 4.69) is 64.5 Å². The van der Waals surface area contributed by atoms with Crippen LogP contribution in [0.3, 0.4) is 0 Å². The molecule has 28 heavy (non-hydrogen) atoms. The third-order valence-corrected chi connectivity index (χ3v) is 6.22. The van der Waals surface area contributed by atoms with E-state index in [-0.39, 0.29) is 12.0 Å². The van der Waals surface area contributed by atoms with Gasteiger partial charge in [0, 0.05) is 36.7 Å². The van der Waals surface area contributed by atoms with E-state index < -0.39 is 0 Å². The summed E-state index contributed by atoms with van der Waals surface area (Å²) >= 11 is 0. The number of aryl methyl sites for hydroxylation is 1. The zero-order chi connectivity index (χ0) is 19.2. The third-order valence-electron chi connectivity index (χ3n) is 6.22. The van der Waals surface area contributed by atoms with Gasteiger partial charge in [-0.1, -0.05) is 48.5 Å². The van der Waals surface area contributed by atoms with Gasteiger partial charge < -0.3 is 5.11 Å². The van der Waals surface area contributed by atoms with Crippen molar-refractivity contribution in [3.05, 3.63) is 78.0 Å². The fourth-order valence-corrected chi connectivity index (χ4v) is 4.72. The van der Waals surface area contributed by atoms with E-state index >= 15 is 0 Å². The maximum Gasteiger partial charge on any atom is 0.0705 e. The first-order valence-electron chi connectivity index (χ1n) is 10.5. The molecule has 4 rings (SSSR count). The molecule has 1 unspecified atom stereocenters. The Morgan fingerprint density at radius 2 is 1.89 bits per heavy atom. The van der Waals surface area contributed by atoms with Gasteiger partial charge in [0.05, 0.1) is 5.52 Å². The minimum absolute atomic E-state index is 0.0376. The van der Waals surface area contributed by atoms with Gasteiger partial charge in [0.25, 0.3) is 0 Å². The zero-order valence-electron chi connectivity index (χ0n) is 16.6. The summed E-state index contributed by atoms with van der Waals surface area (Å²) in [5.41, 5.74) is 3.83. The van der Waals surface area contributed by atoms with Crippen LogP contribution in [0.5, 0.6) is 0 Å². The maximum absolute atomic E-state index is 10.3. The molecule has 0 aliphatic carbocycles. The molecule has 3 aromatic rings. The quantitative estimate of drug-likeness (QED) is 0.643. The SMILES string of the molecule is OCC1(CCCc2ccccc2)CCCN(Cc2cccc3ncccc23)C1. The Hall–Kier alpha value is -2.23. The van der Waals surface area contributed by atoms with Gasteiger partial charge in [0.1, 0.15) is 0 Å². The van der Waals surface area contributed by atoms with Gasteiger partial charge >= 0.3 is 0 Å². The molecular weight excluding hydrogens is 344 g/mol. The van der Waals surface area contributed by atoms with E-state index in [1.165, 1.54) is 16.5 Å². The summed E-state index contributed by atoms with van der Waals surface area (Å²) in [7, 11) is 0. The minimum Gasteiger partial charge on any atom is -0.396 e. The van der Waals surface area contributed by atoms with Crippen LogP contribution in [-0.2, 0) is 13.0 Å². The van der Waals surface area contributed by atoms with Crippen LogP contribution in [0, 0.1) is 5.41 Å². The Morgan fingerprint density at radius 1 is 1.00 bits per heavy atom. The lowest BCUT2D eigenvalue weighted by atomic mass is 9.76. The molecule has 3 heteroatoms. The van der Waals surface area contributed by atoms with E-state index in [4.69, 9.17) is 0 Å². The number of aromatic nitrogens is 1. The number of piperidine rings is 1. The number of likely N-dealkylation sites (tertiary alicyclic amines) is 1. The highest BCUT2D eigenvalue weighted by molar-refractivity contribution is 5.81. The summed E-state index contributed by atoms with van der Waals surface area (Å²) in [6.45, 7) is 3.31. The predicted octanol–water partition coefficient (Wildman–Crippen LogP) is 4.83. The molecule has 146 valence electrons. The Bertz CT molecular complexity index is 890. The topological polar surface area (TPSA) is 36.4 Å². The van der Waals surface area contributed by atoms with Crippen LogP contribution in [0.15, 0.2) is 66.9 Å². The van der Waals surface area contributed by atoms with Crippen LogP contribution in [0.1, 0.15) is 36.8 Å². The highest BCUT2D eigenvalue weighted by Crippen LogP contribution is 2.35. The number of aliphatic hydroxyl groups is 1. The largest absolute Gasteiger partial charge is 0.396 e. The number of pyridine rings is 1. The number of benzene rings is 2. The number of aliphatic hydroxyl groups excluding tert-OH is 1. The molecule has 3 nitrogen and oxygen atoms in total. The van der Waals surface area contributed by atoms with Gasteiger partial charge in [-0.25, -0.2) is 0 Å². The van der Waals surface area contributed by atoms with Crippen molar-refractivity contribution in [1.82, 2.24) is 9.88 Å². The van der Waals surface area contributed by atoms with Gasteiger partial charge in [-0.05, 0) is 61.9 Å². The Kier molecular flexibility index (Phi) is 6.04. The first-order valence-corrected chi connectivity index (χ1v) is 10.5. The summed E-state index contributed by atoms with van der Waals surface area (Å²) in [6.07, 6.45) is 7.47. The summed E-state index contributed by atoms with van der Waals surface area (Å²) in [5, 5.41) is 11.5. The van der Waals surface area contributed by atoms with Crippen LogP contribution in [0.25, 0.3) is 10.9 Å². The van der Waals surface area contributed by atoms with Gasteiger partial charge in [-0.15, -0.1) is 0 Å². The van der Waals surface area contributed by atoms with Crippen LogP contribution in [0.2, 0.25) is 0 Å². The van der Waals surface area contributed by atoms with Crippen LogP contribution in [0.4, 0.5) is 0 Å². The number of rotatable bonds is 7. The summed E-state index contributed by atoms with van der Waals surface area (Å²) < 4.78 is 0. The molecule has 2 heterocycles. The van der Waals surface area contributed by atoms with Crippen molar-refractivity contribution < 1.29 is 5.11 Å². The second-order valence-electron chi connectivity index (χ2n) is 8.30. The number of fused-ring (bicyclic) bond motifs is 1. The molecule has 1 N–H and O–H groups in total. The van der Waals surface area contributed by atoms with Crippen LogP contribution >= 0.6 is 0 Å². The Labute approximate surface area is 168 Å². The van der Waals surface area contributed by atoms with E-state index in [1.54, 1.807) is 0 Å².